The monoisotopic (exact) mass is 377 g/mol. The Morgan fingerprint density at radius 1 is 1.11 bits per heavy atom. The van der Waals surface area contributed by atoms with E-state index in [0.29, 0.717) is 0 Å². The summed E-state index contributed by atoms with van der Waals surface area (Å²) in [6.07, 6.45) is 14.0. The highest BCUT2D eigenvalue weighted by atomic mass is 16.4. The first kappa shape index (κ1) is 24.1. The summed E-state index contributed by atoms with van der Waals surface area (Å²) < 4.78 is 0. The highest BCUT2D eigenvalue weighted by molar-refractivity contribution is 5.89. The summed E-state index contributed by atoms with van der Waals surface area (Å²) in [4.78, 5) is 21.1. The largest absolute Gasteiger partial charge is 0.478 e. The molecule has 0 aliphatic rings. The first-order chi connectivity index (χ1) is 13.3. The molecule has 0 saturated carbocycles. The molecule has 0 aromatic heterocycles. The quantitative estimate of drug-likeness (QED) is 0.385. The van der Waals surface area contributed by atoms with E-state index in [1.54, 1.807) is 12.1 Å². The van der Waals surface area contributed by atoms with E-state index in [1.807, 2.05) is 36.4 Å². The Bertz CT molecular complexity index is 839. The van der Waals surface area contributed by atoms with E-state index >= 15 is 0 Å². The summed E-state index contributed by atoms with van der Waals surface area (Å²) in [5, 5.41) is 25.6. The third kappa shape index (κ3) is 10.2. The second-order valence-electron chi connectivity index (χ2n) is 5.59. The van der Waals surface area contributed by atoms with Gasteiger partial charge in [-0.3, -0.25) is 0 Å². The average molecular weight is 377 g/mol. The third-order valence-corrected chi connectivity index (χ3v) is 3.43. The summed E-state index contributed by atoms with van der Waals surface area (Å²) in [6.45, 7) is 8.39. The van der Waals surface area contributed by atoms with Crippen LogP contribution in [0, 0.1) is 16.7 Å². The number of carbonyl (C=O) groups is 2. The molecule has 0 fully saturated rings. The third-order valence-electron chi connectivity index (χ3n) is 3.43. The number of carboxylic acid groups (broad SMARTS) is 2. The Balaban J connectivity index is 0.000000540. The lowest BCUT2D eigenvalue weighted by molar-refractivity contribution is -0.134. The summed E-state index contributed by atoms with van der Waals surface area (Å²) in [5.41, 5.74) is -0.192. The van der Waals surface area contributed by atoms with Crippen LogP contribution in [0.2, 0.25) is 0 Å². The maximum Gasteiger partial charge on any atom is 0.332 e. The summed E-state index contributed by atoms with van der Waals surface area (Å²) in [7, 11) is 0. The molecule has 0 saturated heterocycles. The van der Waals surface area contributed by atoms with Crippen LogP contribution in [0.15, 0.2) is 97.7 Å². The molecule has 144 valence electrons. The SMILES string of the molecule is C=C(C(=O)O)C(C)(C=CC#N)C=CC(=O)O.C=CC=CC=Cc1ccccc1. The highest BCUT2D eigenvalue weighted by Crippen LogP contribution is 2.29. The van der Waals surface area contributed by atoms with E-state index < -0.39 is 17.4 Å². The molecule has 0 spiro atoms. The predicted molar refractivity (Wildman–Crippen MR) is 111 cm³/mol. The molecular weight excluding hydrogens is 354 g/mol. The minimum Gasteiger partial charge on any atom is -0.478 e. The molecule has 1 atom stereocenters. The van der Waals surface area contributed by atoms with Gasteiger partial charge in [0, 0.05) is 23.1 Å². The van der Waals surface area contributed by atoms with Gasteiger partial charge in [-0.25, -0.2) is 9.59 Å². The van der Waals surface area contributed by atoms with Crippen LogP contribution in [0.1, 0.15) is 12.5 Å². The molecule has 0 aliphatic carbocycles. The van der Waals surface area contributed by atoms with E-state index in [1.165, 1.54) is 24.6 Å². The first-order valence-electron chi connectivity index (χ1n) is 8.19. The summed E-state index contributed by atoms with van der Waals surface area (Å²) in [6, 6.07) is 11.9. The number of nitrogens with zero attached hydrogens (tertiary/aromatic N) is 1. The van der Waals surface area contributed by atoms with Crippen LogP contribution >= 0.6 is 0 Å². The van der Waals surface area contributed by atoms with Gasteiger partial charge >= 0.3 is 11.9 Å². The number of carboxylic acids is 2. The van der Waals surface area contributed by atoms with E-state index in [2.05, 4.69) is 31.4 Å². The van der Waals surface area contributed by atoms with Gasteiger partial charge in [0.15, 0.2) is 0 Å². The van der Waals surface area contributed by atoms with Gasteiger partial charge in [-0.2, -0.15) is 5.26 Å². The Hall–Kier alpha value is -3.91. The van der Waals surface area contributed by atoms with E-state index in [4.69, 9.17) is 15.5 Å². The zero-order valence-corrected chi connectivity index (χ0v) is 15.7. The molecule has 1 rings (SSSR count). The molecule has 28 heavy (non-hydrogen) atoms. The van der Waals surface area contributed by atoms with Gasteiger partial charge in [0.2, 0.25) is 0 Å². The van der Waals surface area contributed by atoms with Crippen molar-refractivity contribution in [2.45, 2.75) is 6.92 Å². The van der Waals surface area contributed by atoms with Crippen molar-refractivity contribution in [2.75, 3.05) is 0 Å². The van der Waals surface area contributed by atoms with Crippen molar-refractivity contribution in [1.82, 2.24) is 0 Å². The Kier molecular flexibility index (Phi) is 11.5. The van der Waals surface area contributed by atoms with Crippen molar-refractivity contribution in [1.29, 1.82) is 5.26 Å². The molecule has 5 nitrogen and oxygen atoms in total. The Labute approximate surface area is 165 Å². The smallest absolute Gasteiger partial charge is 0.332 e. The second kappa shape index (κ2) is 13.3. The van der Waals surface area contributed by atoms with Crippen LogP contribution in [-0.4, -0.2) is 22.2 Å². The van der Waals surface area contributed by atoms with Crippen molar-refractivity contribution in [3.8, 4) is 6.07 Å². The van der Waals surface area contributed by atoms with Crippen molar-refractivity contribution < 1.29 is 19.8 Å². The molecule has 1 unspecified atom stereocenters. The lowest BCUT2D eigenvalue weighted by Crippen LogP contribution is -2.19. The van der Waals surface area contributed by atoms with Crippen LogP contribution in [0.3, 0.4) is 0 Å². The van der Waals surface area contributed by atoms with Crippen LogP contribution in [0.5, 0.6) is 0 Å². The molecule has 2 N–H and O–H groups in total. The van der Waals surface area contributed by atoms with Crippen LogP contribution < -0.4 is 0 Å². The van der Waals surface area contributed by atoms with E-state index in [9.17, 15) is 9.59 Å². The molecule has 5 heteroatoms. The number of aliphatic carboxylic acids is 2. The fourth-order valence-electron chi connectivity index (χ4n) is 1.82. The molecular formula is C23H23NO4. The maximum atomic E-state index is 10.8. The lowest BCUT2D eigenvalue weighted by atomic mass is 9.82. The van der Waals surface area contributed by atoms with Crippen molar-refractivity contribution in [3.05, 3.63) is 103 Å². The molecule has 0 heterocycles. The standard InChI is InChI=1S/C12H12.C11H11NO4/c1-2-3-4-6-9-12-10-7-5-8-11-12;1-8(10(15)16)11(2,5-3-7-12)6-4-9(13)14/h2-11H,1H2;3-6H,1H2,2H3,(H,13,14)(H,15,16). The Morgan fingerprint density at radius 2 is 1.75 bits per heavy atom. The summed E-state index contributed by atoms with van der Waals surface area (Å²) >= 11 is 0. The van der Waals surface area contributed by atoms with Crippen LogP contribution in [0.25, 0.3) is 6.08 Å². The van der Waals surface area contributed by atoms with Crippen molar-refractivity contribution in [2.24, 2.45) is 5.41 Å². The van der Waals surface area contributed by atoms with Crippen LogP contribution in [0.4, 0.5) is 0 Å². The molecule has 0 bridgehead atoms. The normalized spacial score (nSPS) is 13.0. The minimum atomic E-state index is -1.25. The van der Waals surface area contributed by atoms with Crippen LogP contribution in [-0.2, 0) is 9.59 Å². The van der Waals surface area contributed by atoms with Gasteiger partial charge in [-0.15, -0.1) is 0 Å². The summed E-state index contributed by atoms with van der Waals surface area (Å²) in [5.74, 6) is -2.45. The fourth-order valence-corrected chi connectivity index (χ4v) is 1.82. The van der Waals surface area contributed by atoms with Gasteiger partial charge in [0.05, 0.1) is 6.07 Å². The fraction of sp³-hybridized carbons (Fsp3) is 0.0870. The number of rotatable bonds is 8. The lowest BCUT2D eigenvalue weighted by Gasteiger charge is -2.21. The average Bonchev–Trinajstić information content (AvgIpc) is 2.69. The molecule has 0 aliphatic heterocycles. The minimum absolute atomic E-state index is 0.212. The predicted octanol–water partition coefficient (Wildman–Crippen LogP) is 4.80. The van der Waals surface area contributed by atoms with E-state index in [-0.39, 0.29) is 5.57 Å². The number of hydrogen-bond acceptors (Lipinski definition) is 3. The number of nitriles is 1. The maximum absolute atomic E-state index is 10.8. The zero-order chi connectivity index (χ0) is 21.4. The number of hydrogen-bond donors (Lipinski definition) is 2. The van der Waals surface area contributed by atoms with Gasteiger partial charge in [-0.1, -0.05) is 86.0 Å². The topological polar surface area (TPSA) is 98.4 Å². The van der Waals surface area contributed by atoms with Gasteiger partial charge < -0.3 is 10.2 Å². The number of allylic oxidation sites excluding steroid dienone is 7. The molecule has 0 amide bonds. The molecule has 1 aromatic rings. The molecule has 0 radical (unpaired) electrons. The van der Waals surface area contributed by atoms with Crippen molar-refractivity contribution >= 4 is 18.0 Å². The molecule has 1 aromatic carbocycles. The van der Waals surface area contributed by atoms with Crippen molar-refractivity contribution in [3.63, 3.8) is 0 Å². The second-order valence-corrected chi connectivity index (χ2v) is 5.59. The Morgan fingerprint density at radius 3 is 2.25 bits per heavy atom. The van der Waals surface area contributed by atoms with Gasteiger partial charge in [-0.05, 0) is 12.5 Å². The van der Waals surface area contributed by atoms with Gasteiger partial charge in [0.25, 0.3) is 0 Å². The van der Waals surface area contributed by atoms with Gasteiger partial charge in [0.1, 0.15) is 0 Å². The zero-order valence-electron chi connectivity index (χ0n) is 15.7. The first-order valence-corrected chi connectivity index (χ1v) is 8.19. The number of benzene rings is 1. The van der Waals surface area contributed by atoms with E-state index in [0.717, 1.165) is 12.2 Å². The highest BCUT2D eigenvalue weighted by Gasteiger charge is 2.26.